The third kappa shape index (κ3) is 1.23. The van der Waals surface area contributed by atoms with Crippen molar-refractivity contribution in [3.8, 4) is 0 Å². The smallest absolute Gasteiger partial charge is 0.140 e. The van der Waals surface area contributed by atoms with Gasteiger partial charge in [0.25, 0.3) is 0 Å². The summed E-state index contributed by atoms with van der Waals surface area (Å²) in [4.78, 5) is 0. The molecule has 2 heteroatoms. The fourth-order valence-corrected chi connectivity index (χ4v) is 2.77. The molecule has 4 rings (SSSR count). The molecule has 1 aromatic carbocycles. The van der Waals surface area contributed by atoms with Crippen LogP contribution in [0.15, 0.2) is 47.1 Å². The third-order valence-electron chi connectivity index (χ3n) is 3.62. The highest BCUT2D eigenvalue weighted by Crippen LogP contribution is 2.37. The van der Waals surface area contributed by atoms with E-state index in [1.165, 1.54) is 16.5 Å². The van der Waals surface area contributed by atoms with Crippen LogP contribution < -0.4 is 5.32 Å². The van der Waals surface area contributed by atoms with Crippen LogP contribution in [0.25, 0.3) is 17.0 Å². The Bertz CT molecular complexity index is 731. The minimum Gasteiger partial charge on any atom is -0.456 e. The molecular weight excluding hydrogens is 222 g/mol. The normalized spacial score (nSPS) is 16.6. The summed E-state index contributed by atoms with van der Waals surface area (Å²) < 4.78 is 6.01. The topological polar surface area (TPSA) is 25.2 Å². The number of rotatable bonds is 0. The second kappa shape index (κ2) is 3.39. The predicted molar refractivity (Wildman–Crippen MR) is 74.6 cm³/mol. The van der Waals surface area contributed by atoms with Crippen LogP contribution in [0.5, 0.6) is 0 Å². The second-order valence-electron chi connectivity index (χ2n) is 4.78. The maximum atomic E-state index is 6.01. The minimum atomic E-state index is 0.884. The van der Waals surface area contributed by atoms with Gasteiger partial charge in [0.05, 0.1) is 0 Å². The van der Waals surface area contributed by atoms with Gasteiger partial charge < -0.3 is 9.73 Å². The molecule has 1 N–H and O–H groups in total. The summed E-state index contributed by atoms with van der Waals surface area (Å²) in [5.41, 5.74) is 5.60. The Hall–Kier alpha value is -2.22. The lowest BCUT2D eigenvalue weighted by Crippen LogP contribution is -1.96. The summed E-state index contributed by atoms with van der Waals surface area (Å²) in [6.45, 7) is 3.96. The van der Waals surface area contributed by atoms with Crippen molar-refractivity contribution in [2.24, 2.45) is 0 Å². The predicted octanol–water partition coefficient (Wildman–Crippen LogP) is 4.04. The van der Waals surface area contributed by atoms with Gasteiger partial charge in [0, 0.05) is 27.9 Å². The van der Waals surface area contributed by atoms with Gasteiger partial charge in [-0.3, -0.25) is 0 Å². The summed E-state index contributed by atoms with van der Waals surface area (Å²) in [5, 5.41) is 4.57. The van der Waals surface area contributed by atoms with Gasteiger partial charge in [0.2, 0.25) is 0 Å². The zero-order valence-corrected chi connectivity index (χ0v) is 9.99. The van der Waals surface area contributed by atoms with E-state index in [4.69, 9.17) is 4.42 Å². The van der Waals surface area contributed by atoms with Crippen molar-refractivity contribution in [2.75, 3.05) is 5.32 Å². The van der Waals surface area contributed by atoms with E-state index in [1.807, 2.05) is 6.08 Å². The van der Waals surface area contributed by atoms with Crippen LogP contribution in [0.2, 0.25) is 0 Å². The quantitative estimate of drug-likeness (QED) is 0.745. The van der Waals surface area contributed by atoms with Gasteiger partial charge in [-0.1, -0.05) is 18.7 Å². The number of benzene rings is 1. The third-order valence-corrected chi connectivity index (χ3v) is 3.62. The summed E-state index contributed by atoms with van der Waals surface area (Å²) >= 11 is 0. The number of anilines is 1. The molecule has 0 spiro atoms. The fraction of sp³-hybridized carbons (Fsp3) is 0.125. The lowest BCUT2D eigenvalue weighted by molar-refractivity contribution is 0.599. The molecule has 0 fully saturated rings. The van der Waals surface area contributed by atoms with Crippen LogP contribution >= 0.6 is 0 Å². The van der Waals surface area contributed by atoms with Crippen molar-refractivity contribution in [3.63, 3.8) is 0 Å². The van der Waals surface area contributed by atoms with Crippen LogP contribution in [-0.2, 0) is 12.8 Å². The first-order valence-corrected chi connectivity index (χ1v) is 6.19. The molecule has 2 heterocycles. The molecule has 2 aliphatic rings. The van der Waals surface area contributed by atoms with Crippen molar-refractivity contribution < 1.29 is 4.42 Å². The van der Waals surface area contributed by atoms with Gasteiger partial charge in [-0.2, -0.15) is 0 Å². The molecule has 0 saturated heterocycles. The molecular formula is C16H13NO. The Labute approximate surface area is 105 Å². The van der Waals surface area contributed by atoms with E-state index < -0.39 is 0 Å². The first kappa shape index (κ1) is 9.77. The highest BCUT2D eigenvalue weighted by atomic mass is 16.3. The van der Waals surface area contributed by atoms with E-state index in [-0.39, 0.29) is 0 Å². The van der Waals surface area contributed by atoms with Gasteiger partial charge >= 0.3 is 0 Å². The molecule has 88 valence electrons. The van der Waals surface area contributed by atoms with Gasteiger partial charge in [-0.25, -0.2) is 0 Å². The summed E-state index contributed by atoms with van der Waals surface area (Å²) in [5.74, 6) is 1.02. The molecule has 0 unspecified atom stereocenters. The number of furan rings is 1. The number of allylic oxidation sites excluding steroid dienone is 3. The number of nitrogens with one attached hydrogen (secondary N) is 1. The Morgan fingerprint density at radius 3 is 2.83 bits per heavy atom. The van der Waals surface area contributed by atoms with Crippen molar-refractivity contribution in [1.82, 2.24) is 0 Å². The molecule has 1 aromatic heterocycles. The van der Waals surface area contributed by atoms with Crippen LogP contribution in [0, 0.1) is 0 Å². The lowest BCUT2D eigenvalue weighted by Gasteiger charge is -2.08. The Morgan fingerprint density at radius 1 is 1.06 bits per heavy atom. The first-order valence-electron chi connectivity index (χ1n) is 6.19. The minimum absolute atomic E-state index is 0.884. The molecule has 0 saturated carbocycles. The van der Waals surface area contributed by atoms with Crippen LogP contribution in [0.3, 0.4) is 0 Å². The molecule has 0 amide bonds. The number of hydrogen-bond donors (Lipinski definition) is 1. The SMILES string of the molecule is C=C1C=CCc2c(ccc3c4c(oc23)C=CC4)N1. The average molecular weight is 235 g/mol. The van der Waals surface area contributed by atoms with Gasteiger partial charge in [-0.05, 0) is 37.1 Å². The molecule has 0 bridgehead atoms. The molecule has 2 aromatic rings. The first-order chi connectivity index (χ1) is 8.83. The lowest BCUT2D eigenvalue weighted by atomic mass is 10.0. The molecule has 0 atom stereocenters. The van der Waals surface area contributed by atoms with E-state index in [9.17, 15) is 0 Å². The molecule has 2 nitrogen and oxygen atoms in total. The highest BCUT2D eigenvalue weighted by molar-refractivity contribution is 5.92. The maximum Gasteiger partial charge on any atom is 0.140 e. The largest absolute Gasteiger partial charge is 0.456 e. The molecule has 1 aliphatic carbocycles. The van der Waals surface area contributed by atoms with Crippen molar-refractivity contribution in [3.05, 3.63) is 59.5 Å². The second-order valence-corrected chi connectivity index (χ2v) is 4.78. The zero-order valence-electron chi connectivity index (χ0n) is 9.99. The van der Waals surface area contributed by atoms with E-state index in [1.54, 1.807) is 0 Å². The summed E-state index contributed by atoms with van der Waals surface area (Å²) in [6, 6.07) is 4.28. The van der Waals surface area contributed by atoms with Gasteiger partial charge in [-0.15, -0.1) is 0 Å². The standard InChI is InChI=1S/C16H13NO/c1-10-4-2-6-13-14(17-10)9-8-12-11-5-3-7-15(11)18-16(12)13/h2-4,7-9,17H,1,5-6H2. The summed E-state index contributed by atoms with van der Waals surface area (Å²) in [6.07, 6.45) is 10.2. The zero-order chi connectivity index (χ0) is 12.1. The van der Waals surface area contributed by atoms with E-state index in [0.29, 0.717) is 0 Å². The van der Waals surface area contributed by atoms with E-state index in [0.717, 1.165) is 35.6 Å². The summed E-state index contributed by atoms with van der Waals surface area (Å²) in [7, 11) is 0. The fourth-order valence-electron chi connectivity index (χ4n) is 2.77. The average Bonchev–Trinajstić information content (AvgIpc) is 2.86. The maximum absolute atomic E-state index is 6.01. The Balaban J connectivity index is 2.03. The van der Waals surface area contributed by atoms with Gasteiger partial charge in [0.1, 0.15) is 11.3 Å². The van der Waals surface area contributed by atoms with Crippen molar-refractivity contribution in [2.45, 2.75) is 12.8 Å². The molecule has 0 radical (unpaired) electrons. The van der Waals surface area contributed by atoms with Crippen LogP contribution in [0.1, 0.15) is 16.9 Å². The molecule has 18 heavy (non-hydrogen) atoms. The van der Waals surface area contributed by atoms with E-state index >= 15 is 0 Å². The van der Waals surface area contributed by atoms with Crippen molar-refractivity contribution >= 4 is 22.7 Å². The number of fused-ring (bicyclic) bond motifs is 5. The molecule has 1 aliphatic heterocycles. The number of hydrogen-bond acceptors (Lipinski definition) is 2. The van der Waals surface area contributed by atoms with E-state index in [2.05, 4.69) is 42.3 Å². The monoisotopic (exact) mass is 235 g/mol. The Kier molecular flexibility index (Phi) is 1.84. The van der Waals surface area contributed by atoms with Crippen molar-refractivity contribution in [1.29, 1.82) is 0 Å². The van der Waals surface area contributed by atoms with Crippen LogP contribution in [-0.4, -0.2) is 0 Å². The van der Waals surface area contributed by atoms with Crippen LogP contribution in [0.4, 0.5) is 5.69 Å². The highest BCUT2D eigenvalue weighted by Gasteiger charge is 2.19. The Morgan fingerprint density at radius 2 is 1.89 bits per heavy atom. The van der Waals surface area contributed by atoms with Gasteiger partial charge in [0.15, 0.2) is 0 Å².